The van der Waals surface area contributed by atoms with E-state index in [0.717, 1.165) is 19.2 Å². The minimum atomic E-state index is -1.13. The van der Waals surface area contributed by atoms with Crippen LogP contribution in [0.3, 0.4) is 0 Å². The lowest BCUT2D eigenvalue weighted by Crippen LogP contribution is -2.43. The van der Waals surface area contributed by atoms with Gasteiger partial charge in [-0.15, -0.1) is 0 Å². The fraction of sp³-hybridized carbons (Fsp3) is 0.500. The van der Waals surface area contributed by atoms with Gasteiger partial charge in [-0.25, -0.2) is 13.6 Å². The second-order valence-corrected chi connectivity index (χ2v) is 6.65. The first-order valence-corrected chi connectivity index (χ1v) is 8.05. The molecule has 0 heterocycles. The second kappa shape index (κ2) is 9.26. The molecular formula is C18H23F2NO5. The van der Waals surface area contributed by atoms with Gasteiger partial charge in [0.25, 0.3) is 0 Å². The van der Waals surface area contributed by atoms with Crippen LogP contribution in [0, 0.1) is 11.6 Å². The molecule has 0 radical (unpaired) electrons. The van der Waals surface area contributed by atoms with Crippen molar-refractivity contribution in [2.45, 2.75) is 51.7 Å². The molecule has 0 unspecified atom stereocenters. The van der Waals surface area contributed by atoms with Gasteiger partial charge >= 0.3 is 11.9 Å². The first-order valence-electron chi connectivity index (χ1n) is 8.05. The smallest absolute Gasteiger partial charge is 0.328 e. The highest BCUT2D eigenvalue weighted by atomic mass is 19.1. The third-order valence-electron chi connectivity index (χ3n) is 3.28. The lowest BCUT2D eigenvalue weighted by molar-refractivity contribution is -0.155. The van der Waals surface area contributed by atoms with Gasteiger partial charge in [-0.3, -0.25) is 9.59 Å². The number of methoxy groups -OCH3 is 1. The Hall–Kier alpha value is -2.51. The molecule has 0 saturated carbocycles. The molecule has 0 aliphatic rings. The Morgan fingerprint density at radius 1 is 1.15 bits per heavy atom. The lowest BCUT2D eigenvalue weighted by Gasteiger charge is -2.21. The molecule has 0 aliphatic heterocycles. The lowest BCUT2D eigenvalue weighted by atomic mass is 10.1. The molecular weight excluding hydrogens is 348 g/mol. The van der Waals surface area contributed by atoms with E-state index in [4.69, 9.17) is 4.74 Å². The number of rotatable bonds is 7. The van der Waals surface area contributed by atoms with Gasteiger partial charge in [0.05, 0.1) is 13.5 Å². The second-order valence-electron chi connectivity index (χ2n) is 6.65. The predicted molar refractivity (Wildman–Crippen MR) is 89.1 cm³/mol. The van der Waals surface area contributed by atoms with E-state index in [-0.39, 0.29) is 12.8 Å². The van der Waals surface area contributed by atoms with E-state index in [9.17, 15) is 23.2 Å². The van der Waals surface area contributed by atoms with Crippen LogP contribution in [0.5, 0.6) is 0 Å². The third kappa shape index (κ3) is 7.16. The monoisotopic (exact) mass is 371 g/mol. The van der Waals surface area contributed by atoms with E-state index < -0.39 is 53.1 Å². The maximum absolute atomic E-state index is 13.6. The Labute approximate surface area is 150 Å². The molecule has 0 bridgehead atoms. The van der Waals surface area contributed by atoms with Crippen LogP contribution in [0.2, 0.25) is 0 Å². The molecule has 1 amide bonds. The van der Waals surface area contributed by atoms with Crippen molar-refractivity contribution < 1.29 is 32.6 Å². The quantitative estimate of drug-likeness (QED) is 0.744. The van der Waals surface area contributed by atoms with Crippen molar-refractivity contribution in [1.29, 1.82) is 0 Å². The molecule has 0 aliphatic carbocycles. The summed E-state index contributed by atoms with van der Waals surface area (Å²) in [6.07, 6.45) is -0.781. The summed E-state index contributed by atoms with van der Waals surface area (Å²) >= 11 is 0. The summed E-state index contributed by atoms with van der Waals surface area (Å²) in [4.78, 5) is 35.6. The summed E-state index contributed by atoms with van der Waals surface area (Å²) < 4.78 is 36.9. The van der Waals surface area contributed by atoms with Crippen molar-refractivity contribution in [3.05, 3.63) is 35.4 Å². The van der Waals surface area contributed by atoms with Crippen molar-refractivity contribution in [2.75, 3.05) is 7.11 Å². The number of halogens is 2. The summed E-state index contributed by atoms with van der Waals surface area (Å²) in [5.41, 5.74) is -1.08. The van der Waals surface area contributed by atoms with Gasteiger partial charge in [-0.2, -0.15) is 0 Å². The number of amides is 1. The zero-order valence-corrected chi connectivity index (χ0v) is 15.2. The van der Waals surface area contributed by atoms with Crippen LogP contribution < -0.4 is 5.32 Å². The van der Waals surface area contributed by atoms with E-state index >= 15 is 0 Å². The van der Waals surface area contributed by atoms with Crippen LogP contribution in [0.1, 0.15) is 39.2 Å². The van der Waals surface area contributed by atoms with Crippen molar-refractivity contribution >= 4 is 17.8 Å². The van der Waals surface area contributed by atoms with Crippen molar-refractivity contribution in [1.82, 2.24) is 5.32 Å². The van der Waals surface area contributed by atoms with Gasteiger partial charge in [0.15, 0.2) is 0 Å². The van der Waals surface area contributed by atoms with Crippen LogP contribution in [0.15, 0.2) is 18.2 Å². The van der Waals surface area contributed by atoms with E-state index in [1.807, 2.05) is 0 Å². The highest BCUT2D eigenvalue weighted by molar-refractivity contribution is 5.86. The Morgan fingerprint density at radius 3 is 2.23 bits per heavy atom. The predicted octanol–water partition coefficient (Wildman–Crippen LogP) is 2.29. The Kier molecular flexibility index (Phi) is 7.67. The average Bonchev–Trinajstić information content (AvgIpc) is 2.52. The molecule has 1 rings (SSSR count). The first-order chi connectivity index (χ1) is 12.0. The number of esters is 2. The molecule has 6 nitrogen and oxygen atoms in total. The van der Waals surface area contributed by atoms with Gasteiger partial charge in [0, 0.05) is 12.0 Å². The van der Waals surface area contributed by atoms with Crippen LogP contribution in [0.25, 0.3) is 0 Å². The molecule has 0 fully saturated rings. The summed E-state index contributed by atoms with van der Waals surface area (Å²) in [6, 6.07) is 2.12. The zero-order chi connectivity index (χ0) is 19.9. The van der Waals surface area contributed by atoms with Crippen LogP contribution in [-0.4, -0.2) is 36.6 Å². The van der Waals surface area contributed by atoms with Crippen LogP contribution in [0.4, 0.5) is 8.78 Å². The number of hydrogen-bond donors (Lipinski definition) is 1. The fourth-order valence-corrected chi connectivity index (χ4v) is 2.15. The highest BCUT2D eigenvalue weighted by Crippen LogP contribution is 2.14. The molecule has 0 saturated heterocycles. The van der Waals surface area contributed by atoms with E-state index in [1.165, 1.54) is 6.07 Å². The molecule has 1 N–H and O–H groups in total. The Balaban J connectivity index is 2.71. The number of carbonyl (C=O) groups excluding carboxylic acids is 3. The first kappa shape index (κ1) is 21.5. The summed E-state index contributed by atoms with van der Waals surface area (Å²) in [6.45, 7) is 5.11. The van der Waals surface area contributed by atoms with Gasteiger partial charge in [-0.1, -0.05) is 6.07 Å². The highest BCUT2D eigenvalue weighted by Gasteiger charge is 2.25. The van der Waals surface area contributed by atoms with Crippen LogP contribution in [-0.2, 0) is 30.3 Å². The third-order valence-corrected chi connectivity index (χ3v) is 3.28. The largest absolute Gasteiger partial charge is 0.467 e. The minimum Gasteiger partial charge on any atom is -0.467 e. The fourth-order valence-electron chi connectivity index (χ4n) is 2.15. The minimum absolute atomic E-state index is 0.0624. The molecule has 1 aromatic carbocycles. The van der Waals surface area contributed by atoms with Gasteiger partial charge in [0.1, 0.15) is 23.3 Å². The van der Waals surface area contributed by atoms with Crippen molar-refractivity contribution in [3.8, 4) is 0 Å². The van der Waals surface area contributed by atoms with Gasteiger partial charge < -0.3 is 14.8 Å². The topological polar surface area (TPSA) is 81.7 Å². The summed E-state index contributed by atoms with van der Waals surface area (Å²) in [7, 11) is 1.13. The normalized spacial score (nSPS) is 12.2. The van der Waals surface area contributed by atoms with E-state index in [0.29, 0.717) is 0 Å². The zero-order valence-electron chi connectivity index (χ0n) is 15.2. The summed E-state index contributed by atoms with van der Waals surface area (Å²) in [5.74, 6) is -3.79. The van der Waals surface area contributed by atoms with E-state index in [2.05, 4.69) is 10.1 Å². The molecule has 8 heteroatoms. The van der Waals surface area contributed by atoms with Gasteiger partial charge in [0.2, 0.25) is 5.91 Å². The molecule has 0 spiro atoms. The molecule has 1 aromatic rings. The standard InChI is InChI=1S/C18H23F2NO5/c1-18(2,3)26-16(23)9-8-14(17(24)25-4)21-15(22)10-11-12(19)6-5-7-13(11)20/h5-7,14H,8-10H2,1-4H3,(H,21,22)/t14-/m0/s1. The maximum atomic E-state index is 13.6. The van der Waals surface area contributed by atoms with Crippen molar-refractivity contribution in [2.24, 2.45) is 0 Å². The molecule has 144 valence electrons. The number of carbonyl (C=O) groups is 3. The van der Waals surface area contributed by atoms with E-state index in [1.54, 1.807) is 20.8 Å². The van der Waals surface area contributed by atoms with Crippen LogP contribution >= 0.6 is 0 Å². The molecule has 1 atom stereocenters. The summed E-state index contributed by atoms with van der Waals surface area (Å²) in [5, 5.41) is 2.33. The SMILES string of the molecule is COC(=O)[C@H](CCC(=O)OC(C)(C)C)NC(=O)Cc1c(F)cccc1F. The average molecular weight is 371 g/mol. The van der Waals surface area contributed by atoms with Gasteiger partial charge in [-0.05, 0) is 39.3 Å². The molecule has 0 aromatic heterocycles. The Morgan fingerprint density at radius 2 is 1.73 bits per heavy atom. The molecule has 26 heavy (non-hydrogen) atoms. The van der Waals surface area contributed by atoms with Crippen molar-refractivity contribution in [3.63, 3.8) is 0 Å². The maximum Gasteiger partial charge on any atom is 0.328 e. The number of hydrogen-bond acceptors (Lipinski definition) is 5. The number of benzene rings is 1. The number of nitrogens with one attached hydrogen (secondary N) is 1. The Bertz CT molecular complexity index is 650. The number of ether oxygens (including phenoxy) is 2.